The fraction of sp³-hybridized carbons (Fsp3) is 0.227. The van der Waals surface area contributed by atoms with E-state index in [0.717, 1.165) is 17.3 Å². The predicted octanol–water partition coefficient (Wildman–Crippen LogP) is 2.61. The fourth-order valence-corrected chi connectivity index (χ4v) is 3.71. The lowest BCUT2D eigenvalue weighted by Crippen LogP contribution is -2.41. The van der Waals surface area contributed by atoms with E-state index < -0.39 is 5.82 Å². The van der Waals surface area contributed by atoms with Gasteiger partial charge in [0.25, 0.3) is 5.56 Å². The summed E-state index contributed by atoms with van der Waals surface area (Å²) in [6.45, 7) is 1.51. The van der Waals surface area contributed by atoms with Crippen molar-refractivity contribution in [3.8, 4) is 22.6 Å². The zero-order valence-electron chi connectivity index (χ0n) is 17.2. The number of rotatable bonds is 4. The van der Waals surface area contributed by atoms with Gasteiger partial charge in [0.15, 0.2) is 5.82 Å². The molecule has 3 aromatic heterocycles. The molecule has 1 aliphatic rings. The van der Waals surface area contributed by atoms with Gasteiger partial charge in [-0.1, -0.05) is 29.4 Å². The van der Waals surface area contributed by atoms with Crippen LogP contribution in [0, 0.1) is 5.82 Å². The first-order valence-electron chi connectivity index (χ1n) is 10.0. The first-order valence-corrected chi connectivity index (χ1v) is 10.0. The smallest absolute Gasteiger partial charge is 0.255 e. The summed E-state index contributed by atoms with van der Waals surface area (Å²) in [7, 11) is 1.65. The van der Waals surface area contributed by atoms with Gasteiger partial charge in [-0.25, -0.2) is 9.37 Å². The number of anilines is 1. The summed E-state index contributed by atoms with van der Waals surface area (Å²) in [5.74, 6) is 0.447. The summed E-state index contributed by atoms with van der Waals surface area (Å²) >= 11 is 0. The molecular formula is C22H19FN6O3. The number of pyridine rings is 1. The summed E-state index contributed by atoms with van der Waals surface area (Å²) in [6, 6.07) is 10.6. The van der Waals surface area contributed by atoms with Gasteiger partial charge in [0, 0.05) is 37.0 Å². The van der Waals surface area contributed by atoms with Crippen molar-refractivity contribution >= 4 is 5.95 Å². The van der Waals surface area contributed by atoms with E-state index in [1.807, 2.05) is 29.2 Å². The minimum Gasteiger partial charge on any atom is -0.370 e. The van der Waals surface area contributed by atoms with Gasteiger partial charge < -0.3 is 14.2 Å². The Morgan fingerprint density at radius 2 is 2.03 bits per heavy atom. The molecule has 0 amide bonds. The summed E-state index contributed by atoms with van der Waals surface area (Å²) in [6.07, 6.45) is 3.65. The number of aromatic nitrogens is 5. The van der Waals surface area contributed by atoms with Gasteiger partial charge in [-0.2, -0.15) is 4.98 Å². The molecule has 0 saturated carbocycles. The van der Waals surface area contributed by atoms with Crippen molar-refractivity contribution in [3.63, 3.8) is 0 Å². The van der Waals surface area contributed by atoms with Gasteiger partial charge in [0.05, 0.1) is 25.0 Å². The second-order valence-corrected chi connectivity index (χ2v) is 7.38. The molecule has 32 heavy (non-hydrogen) atoms. The van der Waals surface area contributed by atoms with Crippen molar-refractivity contribution in [1.82, 2.24) is 24.7 Å². The van der Waals surface area contributed by atoms with Gasteiger partial charge in [0.1, 0.15) is 6.10 Å². The van der Waals surface area contributed by atoms with E-state index in [9.17, 15) is 9.18 Å². The number of hydrogen-bond acceptors (Lipinski definition) is 8. The number of nitrogens with zero attached hydrogens (tertiary/aromatic N) is 6. The molecule has 5 rings (SSSR count). The molecule has 1 saturated heterocycles. The lowest BCUT2D eigenvalue weighted by Gasteiger charge is -2.34. The van der Waals surface area contributed by atoms with Crippen molar-refractivity contribution in [1.29, 1.82) is 0 Å². The number of ether oxygens (including phenoxy) is 1. The van der Waals surface area contributed by atoms with Gasteiger partial charge in [-0.3, -0.25) is 14.3 Å². The molecular weight excluding hydrogens is 415 g/mol. The van der Waals surface area contributed by atoms with E-state index in [4.69, 9.17) is 9.26 Å². The first kappa shape index (κ1) is 20.0. The van der Waals surface area contributed by atoms with E-state index in [1.54, 1.807) is 7.05 Å². The van der Waals surface area contributed by atoms with E-state index in [1.165, 1.54) is 29.3 Å². The van der Waals surface area contributed by atoms with E-state index in [2.05, 4.69) is 20.1 Å². The number of hydrogen-bond donors (Lipinski definition) is 0. The van der Waals surface area contributed by atoms with E-state index in [-0.39, 0.29) is 22.9 Å². The molecule has 0 spiro atoms. The van der Waals surface area contributed by atoms with Crippen LogP contribution >= 0.6 is 0 Å². The molecule has 9 nitrogen and oxygen atoms in total. The van der Waals surface area contributed by atoms with Crippen LogP contribution in [0.15, 0.2) is 64.5 Å². The summed E-state index contributed by atoms with van der Waals surface area (Å²) in [4.78, 5) is 27.0. The predicted molar refractivity (Wildman–Crippen MR) is 113 cm³/mol. The maximum absolute atomic E-state index is 14.2. The van der Waals surface area contributed by atoms with Gasteiger partial charge in [0.2, 0.25) is 18.2 Å². The zero-order chi connectivity index (χ0) is 22.1. The molecule has 162 valence electrons. The quantitative estimate of drug-likeness (QED) is 0.483. The standard InChI is InChI=1S/C22H19FN6O3/c1-28-20(30)10-18(16-6-7-24-11-17(16)23)26-22(28)29-8-9-31-19(12-29)14-2-4-15(5-3-14)21-25-13-32-27-21/h2-7,10-11,13,19H,8-9,12H2,1H3/t19-/m1/s1. The fourth-order valence-electron chi connectivity index (χ4n) is 3.71. The third-order valence-electron chi connectivity index (χ3n) is 5.41. The molecule has 1 atom stereocenters. The topological polar surface area (TPSA) is 99.2 Å². The third-order valence-corrected chi connectivity index (χ3v) is 5.41. The molecule has 4 aromatic rings. The first-order chi connectivity index (χ1) is 15.6. The van der Waals surface area contributed by atoms with E-state index in [0.29, 0.717) is 31.5 Å². The molecule has 1 aromatic carbocycles. The van der Waals surface area contributed by atoms with Crippen LogP contribution in [0.25, 0.3) is 22.6 Å². The van der Waals surface area contributed by atoms with Gasteiger partial charge >= 0.3 is 0 Å². The Hall–Kier alpha value is -3.92. The number of morpholine rings is 1. The highest BCUT2D eigenvalue weighted by Crippen LogP contribution is 2.28. The van der Waals surface area contributed by atoms with Crippen molar-refractivity contribution < 1.29 is 13.7 Å². The minimum absolute atomic E-state index is 0.221. The van der Waals surface area contributed by atoms with Crippen LogP contribution < -0.4 is 10.5 Å². The van der Waals surface area contributed by atoms with Crippen LogP contribution in [0.3, 0.4) is 0 Å². The lowest BCUT2D eigenvalue weighted by molar-refractivity contribution is 0.0390. The highest BCUT2D eigenvalue weighted by atomic mass is 19.1. The summed E-state index contributed by atoms with van der Waals surface area (Å²) < 4.78 is 26.5. The Morgan fingerprint density at radius 3 is 2.78 bits per heavy atom. The van der Waals surface area contributed by atoms with E-state index >= 15 is 0 Å². The molecule has 0 unspecified atom stereocenters. The van der Waals surface area contributed by atoms with Crippen LogP contribution in [-0.4, -0.2) is 44.4 Å². The number of halogens is 1. The van der Waals surface area contributed by atoms with Crippen molar-refractivity contribution in [2.24, 2.45) is 7.05 Å². The normalized spacial score (nSPS) is 16.3. The Bertz CT molecular complexity index is 1290. The molecule has 4 heterocycles. The molecule has 1 fully saturated rings. The van der Waals surface area contributed by atoms with Crippen LogP contribution in [-0.2, 0) is 11.8 Å². The summed E-state index contributed by atoms with van der Waals surface area (Å²) in [5.41, 5.74) is 2.06. The number of benzene rings is 1. The maximum atomic E-state index is 14.2. The minimum atomic E-state index is -0.527. The highest BCUT2D eigenvalue weighted by molar-refractivity contribution is 5.60. The molecule has 0 aliphatic carbocycles. The van der Waals surface area contributed by atoms with Gasteiger partial charge in [-0.15, -0.1) is 0 Å². The second kappa shape index (κ2) is 8.31. The molecule has 0 N–H and O–H groups in total. The molecule has 10 heteroatoms. The SMILES string of the molecule is Cn1c(N2CCO[C@@H](c3ccc(-c4ncon4)cc3)C2)nc(-c2ccncc2F)cc1=O. The van der Waals surface area contributed by atoms with Crippen LogP contribution in [0.4, 0.5) is 10.3 Å². The lowest BCUT2D eigenvalue weighted by atomic mass is 10.1. The third kappa shape index (κ3) is 3.76. The monoisotopic (exact) mass is 434 g/mol. The Labute approximate surface area is 182 Å². The summed E-state index contributed by atoms with van der Waals surface area (Å²) in [5, 5.41) is 3.84. The molecule has 0 radical (unpaired) electrons. The Balaban J connectivity index is 1.43. The van der Waals surface area contributed by atoms with Crippen LogP contribution in [0.5, 0.6) is 0 Å². The highest BCUT2D eigenvalue weighted by Gasteiger charge is 2.25. The molecule has 1 aliphatic heterocycles. The van der Waals surface area contributed by atoms with Gasteiger partial charge in [-0.05, 0) is 11.6 Å². The second-order valence-electron chi connectivity index (χ2n) is 7.38. The van der Waals surface area contributed by atoms with Crippen LogP contribution in [0.2, 0.25) is 0 Å². The van der Waals surface area contributed by atoms with Crippen molar-refractivity contribution in [2.75, 3.05) is 24.6 Å². The largest absolute Gasteiger partial charge is 0.370 e. The van der Waals surface area contributed by atoms with Crippen molar-refractivity contribution in [3.05, 3.63) is 76.9 Å². The average Bonchev–Trinajstić information content (AvgIpc) is 3.36. The molecule has 0 bridgehead atoms. The van der Waals surface area contributed by atoms with Crippen molar-refractivity contribution in [2.45, 2.75) is 6.10 Å². The zero-order valence-corrected chi connectivity index (χ0v) is 17.2. The Kier molecular flexibility index (Phi) is 5.20. The maximum Gasteiger partial charge on any atom is 0.255 e. The van der Waals surface area contributed by atoms with Crippen LogP contribution in [0.1, 0.15) is 11.7 Å². The Morgan fingerprint density at radius 1 is 1.19 bits per heavy atom. The average molecular weight is 434 g/mol.